The Morgan fingerprint density at radius 3 is 2.47 bits per heavy atom. The van der Waals surface area contributed by atoms with Crippen molar-refractivity contribution >= 4 is 11.9 Å². The zero-order valence-corrected chi connectivity index (χ0v) is 16.3. The molecule has 2 atom stereocenters. The van der Waals surface area contributed by atoms with Crippen molar-refractivity contribution in [1.82, 2.24) is 4.90 Å². The number of Topliss-reactive ketones (excluding diaryl/α,β-unsaturated/α-hetero) is 1. The molecule has 0 saturated carbocycles. The van der Waals surface area contributed by atoms with Gasteiger partial charge in [0.2, 0.25) is 0 Å². The van der Waals surface area contributed by atoms with Gasteiger partial charge in [0.05, 0.1) is 30.9 Å². The van der Waals surface area contributed by atoms with Gasteiger partial charge >= 0.3 is 6.09 Å². The Bertz CT molecular complexity index is 974. The predicted molar refractivity (Wildman–Crippen MR) is 105 cm³/mol. The molecular weight excluding hydrogens is 387 g/mol. The molecule has 1 amide bonds. The number of nitrogens with zero attached hydrogens (tertiary/aromatic N) is 2. The summed E-state index contributed by atoms with van der Waals surface area (Å²) in [6.45, 7) is 0.855. The molecule has 0 spiro atoms. The van der Waals surface area contributed by atoms with Crippen LogP contribution in [0.15, 0.2) is 48.5 Å². The number of ketones is 1. The lowest BCUT2D eigenvalue weighted by Crippen LogP contribution is -2.59. The van der Waals surface area contributed by atoms with Crippen molar-refractivity contribution in [2.45, 2.75) is 31.5 Å². The molecule has 2 aromatic carbocycles. The smallest absolute Gasteiger partial charge is 0.410 e. The van der Waals surface area contributed by atoms with Crippen LogP contribution in [0.4, 0.5) is 9.18 Å². The highest BCUT2D eigenvalue weighted by Crippen LogP contribution is 2.34. The number of hydrogen-bond donors (Lipinski definition) is 0. The van der Waals surface area contributed by atoms with Gasteiger partial charge < -0.3 is 9.47 Å². The summed E-state index contributed by atoms with van der Waals surface area (Å²) in [6, 6.07) is 14.6. The van der Waals surface area contributed by atoms with Gasteiger partial charge in [-0.1, -0.05) is 30.3 Å². The van der Waals surface area contributed by atoms with E-state index in [-0.39, 0.29) is 41.5 Å². The topological polar surface area (TPSA) is 79.6 Å². The number of rotatable bonds is 4. The van der Waals surface area contributed by atoms with E-state index in [1.807, 2.05) is 30.3 Å². The summed E-state index contributed by atoms with van der Waals surface area (Å²) in [6.07, 6.45) is 0.446. The summed E-state index contributed by atoms with van der Waals surface area (Å²) in [5, 5.41) is 8.87. The molecule has 2 bridgehead atoms. The number of halogens is 1. The molecule has 2 aromatic rings. The van der Waals surface area contributed by atoms with Crippen molar-refractivity contribution in [2.75, 3.05) is 13.2 Å². The second-order valence-corrected chi connectivity index (χ2v) is 7.63. The van der Waals surface area contributed by atoms with Gasteiger partial charge in [0, 0.05) is 11.5 Å². The second-order valence-electron chi connectivity index (χ2n) is 7.63. The number of amides is 1. The molecule has 0 aromatic heterocycles. The van der Waals surface area contributed by atoms with Gasteiger partial charge in [0.15, 0.2) is 5.78 Å². The summed E-state index contributed by atoms with van der Waals surface area (Å²) in [5.74, 6) is -1.21. The monoisotopic (exact) mass is 408 g/mol. The van der Waals surface area contributed by atoms with Crippen LogP contribution in [0.5, 0.6) is 0 Å². The number of carbonyl (C=O) groups is 2. The second kappa shape index (κ2) is 8.64. The molecule has 154 valence electrons. The van der Waals surface area contributed by atoms with Gasteiger partial charge in [-0.25, -0.2) is 9.18 Å². The van der Waals surface area contributed by atoms with E-state index < -0.39 is 11.9 Å². The molecule has 0 N–H and O–H groups in total. The van der Waals surface area contributed by atoms with E-state index in [0.717, 1.165) is 11.6 Å². The van der Waals surface area contributed by atoms with Gasteiger partial charge in [-0.15, -0.1) is 0 Å². The molecule has 0 aliphatic carbocycles. The quantitative estimate of drug-likeness (QED) is 0.721. The number of fused-ring (bicyclic) bond motifs is 2. The van der Waals surface area contributed by atoms with Crippen LogP contribution in [-0.4, -0.2) is 42.1 Å². The lowest BCUT2D eigenvalue weighted by molar-refractivity contribution is -0.0755. The van der Waals surface area contributed by atoms with E-state index in [4.69, 9.17) is 14.7 Å². The highest BCUT2D eigenvalue weighted by molar-refractivity contribution is 5.98. The number of nitriles is 1. The summed E-state index contributed by atoms with van der Waals surface area (Å²) in [7, 11) is 0. The molecule has 6 nitrogen and oxygen atoms in total. The minimum atomic E-state index is -0.700. The highest BCUT2D eigenvalue weighted by atomic mass is 19.1. The third kappa shape index (κ3) is 4.05. The van der Waals surface area contributed by atoms with Crippen LogP contribution in [-0.2, 0) is 16.1 Å². The Morgan fingerprint density at radius 1 is 1.13 bits per heavy atom. The van der Waals surface area contributed by atoms with Crippen molar-refractivity contribution in [3.05, 3.63) is 71.0 Å². The fraction of sp³-hybridized carbons (Fsp3) is 0.348. The van der Waals surface area contributed by atoms with E-state index in [1.165, 1.54) is 12.1 Å². The van der Waals surface area contributed by atoms with Gasteiger partial charge in [-0.2, -0.15) is 5.26 Å². The fourth-order valence-corrected chi connectivity index (χ4v) is 4.22. The Morgan fingerprint density at radius 2 is 1.83 bits per heavy atom. The van der Waals surface area contributed by atoms with Crippen LogP contribution in [0, 0.1) is 23.1 Å². The van der Waals surface area contributed by atoms with Crippen LogP contribution >= 0.6 is 0 Å². The van der Waals surface area contributed by atoms with Gasteiger partial charge in [0.1, 0.15) is 18.5 Å². The van der Waals surface area contributed by atoms with Crippen LogP contribution < -0.4 is 0 Å². The van der Waals surface area contributed by atoms with E-state index in [0.29, 0.717) is 26.1 Å². The molecular formula is C23H21FN2O4. The number of piperidine rings is 1. The van der Waals surface area contributed by atoms with Gasteiger partial charge in [-0.05, 0) is 36.6 Å². The average molecular weight is 408 g/mol. The summed E-state index contributed by atoms with van der Waals surface area (Å²) in [5.41, 5.74) is 1.06. The number of benzene rings is 2. The maximum absolute atomic E-state index is 13.9. The molecule has 2 saturated heterocycles. The van der Waals surface area contributed by atoms with E-state index >= 15 is 0 Å². The molecule has 7 heteroatoms. The first-order valence-corrected chi connectivity index (χ1v) is 9.87. The lowest BCUT2D eigenvalue weighted by Gasteiger charge is -2.47. The van der Waals surface area contributed by atoms with E-state index in [2.05, 4.69) is 0 Å². The number of hydrogen-bond acceptors (Lipinski definition) is 5. The maximum Gasteiger partial charge on any atom is 0.410 e. The zero-order chi connectivity index (χ0) is 21.1. The SMILES string of the molecule is N#Cc1ccc(C(=O)C2CC3COCC(C2)N3C(=O)OCc2ccccc2)cc1F. The Balaban J connectivity index is 1.44. The van der Waals surface area contributed by atoms with Crippen LogP contribution in [0.3, 0.4) is 0 Å². The van der Waals surface area contributed by atoms with Crippen molar-refractivity contribution in [1.29, 1.82) is 5.26 Å². The minimum Gasteiger partial charge on any atom is -0.445 e. The molecule has 2 fully saturated rings. The summed E-state index contributed by atoms with van der Waals surface area (Å²) < 4.78 is 25.0. The first kappa shape index (κ1) is 20.0. The van der Waals surface area contributed by atoms with Crippen molar-refractivity contribution in [3.63, 3.8) is 0 Å². The van der Waals surface area contributed by atoms with Crippen LogP contribution in [0.25, 0.3) is 0 Å². The first-order valence-electron chi connectivity index (χ1n) is 9.87. The molecule has 2 aliphatic rings. The Hall–Kier alpha value is -3.24. The van der Waals surface area contributed by atoms with E-state index in [9.17, 15) is 14.0 Å². The molecule has 30 heavy (non-hydrogen) atoms. The highest BCUT2D eigenvalue weighted by Gasteiger charge is 2.44. The van der Waals surface area contributed by atoms with Gasteiger partial charge in [0.25, 0.3) is 0 Å². The summed E-state index contributed by atoms with van der Waals surface area (Å²) in [4.78, 5) is 27.4. The molecule has 2 aliphatic heterocycles. The summed E-state index contributed by atoms with van der Waals surface area (Å²) >= 11 is 0. The number of carbonyl (C=O) groups excluding carboxylic acids is 2. The molecule has 2 heterocycles. The predicted octanol–water partition coefficient (Wildman–Crippen LogP) is 3.70. The van der Waals surface area contributed by atoms with Crippen LogP contribution in [0.1, 0.15) is 34.3 Å². The molecule has 0 radical (unpaired) electrons. The zero-order valence-electron chi connectivity index (χ0n) is 16.3. The van der Waals surface area contributed by atoms with Crippen LogP contribution in [0.2, 0.25) is 0 Å². The normalized spacial score (nSPS) is 22.8. The fourth-order valence-electron chi connectivity index (χ4n) is 4.22. The Labute approximate surface area is 173 Å². The standard InChI is InChI=1S/C23H21FN2O4/c24-21-10-16(6-7-17(21)11-25)22(27)18-8-19-13-29-14-20(9-18)26(19)23(28)30-12-15-4-2-1-3-5-15/h1-7,10,18-20H,8-9,12-14H2. The van der Waals surface area contributed by atoms with Crippen molar-refractivity contribution in [3.8, 4) is 6.07 Å². The largest absolute Gasteiger partial charge is 0.445 e. The third-order valence-electron chi connectivity index (χ3n) is 5.68. The third-order valence-corrected chi connectivity index (χ3v) is 5.68. The first-order chi connectivity index (χ1) is 14.6. The Kier molecular flexibility index (Phi) is 5.77. The number of morpholine rings is 1. The molecule has 2 unspecified atom stereocenters. The van der Waals surface area contributed by atoms with Gasteiger partial charge in [-0.3, -0.25) is 9.69 Å². The van der Waals surface area contributed by atoms with E-state index in [1.54, 1.807) is 11.0 Å². The molecule has 4 rings (SSSR count). The maximum atomic E-state index is 13.9. The minimum absolute atomic E-state index is 0.0900. The van der Waals surface area contributed by atoms with Crippen molar-refractivity contribution < 1.29 is 23.5 Å². The lowest BCUT2D eigenvalue weighted by atomic mass is 9.80. The van der Waals surface area contributed by atoms with Crippen molar-refractivity contribution in [2.24, 2.45) is 5.92 Å². The number of ether oxygens (including phenoxy) is 2. The average Bonchev–Trinajstić information content (AvgIpc) is 2.76.